The third-order valence-corrected chi connectivity index (χ3v) is 3.93. The highest BCUT2D eigenvalue weighted by Gasteiger charge is 2.28. The molecule has 0 radical (unpaired) electrons. The molecule has 20 heavy (non-hydrogen) atoms. The zero-order valence-electron chi connectivity index (χ0n) is 11.6. The van der Waals surface area contributed by atoms with E-state index in [1.807, 2.05) is 0 Å². The summed E-state index contributed by atoms with van der Waals surface area (Å²) in [7, 11) is 0. The zero-order chi connectivity index (χ0) is 14.9. The van der Waals surface area contributed by atoms with Crippen molar-refractivity contribution in [3.05, 3.63) is 33.9 Å². The van der Waals surface area contributed by atoms with E-state index in [-0.39, 0.29) is 17.1 Å². The molecule has 4 nitrogen and oxygen atoms in total. The molecule has 1 saturated carbocycles. The summed E-state index contributed by atoms with van der Waals surface area (Å²) in [4.78, 5) is 9.72. The van der Waals surface area contributed by atoms with Gasteiger partial charge in [0.25, 0.3) is 5.69 Å². The maximum atomic E-state index is 13.8. The second kappa shape index (κ2) is 5.34. The van der Waals surface area contributed by atoms with Crippen LogP contribution in [0.2, 0.25) is 0 Å². The van der Waals surface area contributed by atoms with Crippen LogP contribution >= 0.6 is 0 Å². The van der Waals surface area contributed by atoms with Gasteiger partial charge in [-0.05, 0) is 31.1 Å². The first kappa shape index (κ1) is 14.7. The van der Waals surface area contributed by atoms with Crippen molar-refractivity contribution in [1.82, 2.24) is 0 Å². The van der Waals surface area contributed by atoms with E-state index >= 15 is 0 Å². The molecule has 6 heteroatoms. The number of rotatable bonds is 3. The summed E-state index contributed by atoms with van der Waals surface area (Å²) >= 11 is 0. The van der Waals surface area contributed by atoms with E-state index in [1.165, 1.54) is 0 Å². The average molecular weight is 284 g/mol. The standard InChI is InChI=1S/C14H18F2N2O2/c1-14(2)5-3-9(4-6-14)17-13-11(15)7-10(18(19)20)8-12(13)16/h7-9,17H,3-6H2,1-2H3. The Labute approximate surface area is 116 Å². The van der Waals surface area contributed by atoms with E-state index in [0.29, 0.717) is 0 Å². The molecule has 1 aliphatic carbocycles. The predicted octanol–water partition coefficient (Wildman–Crippen LogP) is 4.25. The van der Waals surface area contributed by atoms with Gasteiger partial charge in [0.15, 0.2) is 11.6 Å². The van der Waals surface area contributed by atoms with Crippen molar-refractivity contribution in [2.75, 3.05) is 5.32 Å². The van der Waals surface area contributed by atoms with Gasteiger partial charge in [0.1, 0.15) is 5.69 Å². The molecule has 1 aromatic rings. The second-order valence-electron chi connectivity index (χ2n) is 6.12. The lowest BCUT2D eigenvalue weighted by atomic mass is 9.75. The Morgan fingerprint density at radius 2 is 1.75 bits per heavy atom. The number of halogens is 2. The summed E-state index contributed by atoms with van der Waals surface area (Å²) < 4.78 is 27.5. The van der Waals surface area contributed by atoms with Gasteiger partial charge in [-0.3, -0.25) is 10.1 Å². The minimum Gasteiger partial charge on any atom is -0.378 e. The van der Waals surface area contributed by atoms with Gasteiger partial charge in [-0.25, -0.2) is 8.78 Å². The van der Waals surface area contributed by atoms with E-state index in [4.69, 9.17) is 0 Å². The largest absolute Gasteiger partial charge is 0.378 e. The molecule has 0 unspecified atom stereocenters. The van der Waals surface area contributed by atoms with Crippen LogP contribution in [0.1, 0.15) is 39.5 Å². The summed E-state index contributed by atoms with van der Waals surface area (Å²) in [5.74, 6) is -1.83. The van der Waals surface area contributed by atoms with Crippen molar-refractivity contribution in [1.29, 1.82) is 0 Å². The summed E-state index contributed by atoms with van der Waals surface area (Å²) in [5, 5.41) is 13.4. The fourth-order valence-electron chi connectivity index (χ4n) is 2.55. The van der Waals surface area contributed by atoms with Crippen molar-refractivity contribution in [2.45, 2.75) is 45.6 Å². The summed E-state index contributed by atoms with van der Waals surface area (Å²) in [6.45, 7) is 4.35. The molecule has 2 rings (SSSR count). The van der Waals surface area contributed by atoms with E-state index in [0.717, 1.165) is 37.8 Å². The van der Waals surface area contributed by atoms with Crippen LogP contribution in [0.15, 0.2) is 12.1 Å². The first-order chi connectivity index (χ1) is 9.28. The molecule has 0 heterocycles. The Hall–Kier alpha value is -1.72. The molecule has 0 aliphatic heterocycles. The predicted molar refractivity (Wildman–Crippen MR) is 72.7 cm³/mol. The molecule has 1 aromatic carbocycles. The minimum atomic E-state index is -0.915. The van der Waals surface area contributed by atoms with Crippen LogP contribution in [0.25, 0.3) is 0 Å². The van der Waals surface area contributed by atoms with Gasteiger partial charge >= 0.3 is 0 Å². The second-order valence-corrected chi connectivity index (χ2v) is 6.12. The lowest BCUT2D eigenvalue weighted by Gasteiger charge is -2.35. The van der Waals surface area contributed by atoms with Crippen LogP contribution in [0.3, 0.4) is 0 Å². The zero-order valence-corrected chi connectivity index (χ0v) is 11.6. The first-order valence-corrected chi connectivity index (χ1v) is 6.68. The number of hydrogen-bond acceptors (Lipinski definition) is 3. The quantitative estimate of drug-likeness (QED) is 0.666. The Morgan fingerprint density at radius 1 is 1.25 bits per heavy atom. The number of nitro groups is 1. The lowest BCUT2D eigenvalue weighted by Crippen LogP contribution is -2.30. The number of nitro benzene ring substituents is 1. The number of nitrogens with zero attached hydrogens (tertiary/aromatic N) is 1. The van der Waals surface area contributed by atoms with Crippen LogP contribution in [0.4, 0.5) is 20.2 Å². The number of anilines is 1. The first-order valence-electron chi connectivity index (χ1n) is 6.68. The highest BCUT2D eigenvalue weighted by atomic mass is 19.1. The summed E-state index contributed by atoms with van der Waals surface area (Å²) in [6, 6.07) is 1.50. The highest BCUT2D eigenvalue weighted by Crippen LogP contribution is 2.37. The highest BCUT2D eigenvalue weighted by molar-refractivity contribution is 5.52. The average Bonchev–Trinajstić information content (AvgIpc) is 2.35. The van der Waals surface area contributed by atoms with Gasteiger partial charge in [0.05, 0.1) is 17.1 Å². The maximum Gasteiger partial charge on any atom is 0.275 e. The molecule has 1 N–H and O–H groups in total. The van der Waals surface area contributed by atoms with Crippen molar-refractivity contribution in [2.24, 2.45) is 5.41 Å². The number of non-ortho nitro benzene ring substituents is 1. The van der Waals surface area contributed by atoms with Crippen LogP contribution in [-0.2, 0) is 0 Å². The van der Waals surface area contributed by atoms with Gasteiger partial charge in [-0.15, -0.1) is 0 Å². The van der Waals surface area contributed by atoms with E-state index in [9.17, 15) is 18.9 Å². The van der Waals surface area contributed by atoms with E-state index < -0.39 is 22.2 Å². The lowest BCUT2D eigenvalue weighted by molar-refractivity contribution is -0.385. The Balaban J connectivity index is 2.12. The van der Waals surface area contributed by atoms with Crippen LogP contribution in [0, 0.1) is 27.2 Å². The SMILES string of the molecule is CC1(C)CCC(Nc2c(F)cc([N+](=O)[O-])cc2F)CC1. The molecule has 1 fully saturated rings. The van der Waals surface area contributed by atoms with Crippen molar-refractivity contribution < 1.29 is 13.7 Å². The molecular weight excluding hydrogens is 266 g/mol. The molecule has 110 valence electrons. The minimum absolute atomic E-state index is 0.00785. The smallest absolute Gasteiger partial charge is 0.275 e. The molecule has 0 spiro atoms. The monoisotopic (exact) mass is 284 g/mol. The molecule has 0 amide bonds. The molecule has 1 aliphatic rings. The third kappa shape index (κ3) is 3.23. The maximum absolute atomic E-state index is 13.8. The number of benzene rings is 1. The van der Waals surface area contributed by atoms with Gasteiger partial charge in [0, 0.05) is 6.04 Å². The van der Waals surface area contributed by atoms with Crippen LogP contribution in [0.5, 0.6) is 0 Å². The van der Waals surface area contributed by atoms with E-state index in [1.54, 1.807) is 0 Å². The molecule has 0 aromatic heterocycles. The molecule has 0 atom stereocenters. The Morgan fingerprint density at radius 3 is 2.20 bits per heavy atom. The Kier molecular flexibility index (Phi) is 3.92. The Bertz CT molecular complexity index is 499. The number of nitrogens with one attached hydrogen (secondary N) is 1. The fourth-order valence-corrected chi connectivity index (χ4v) is 2.55. The van der Waals surface area contributed by atoms with Gasteiger partial charge < -0.3 is 5.32 Å². The molecule has 0 saturated heterocycles. The van der Waals surface area contributed by atoms with Crippen molar-refractivity contribution in [3.63, 3.8) is 0 Å². The van der Waals surface area contributed by atoms with Crippen molar-refractivity contribution >= 4 is 11.4 Å². The van der Waals surface area contributed by atoms with Gasteiger partial charge in [0.2, 0.25) is 0 Å². The van der Waals surface area contributed by atoms with E-state index in [2.05, 4.69) is 19.2 Å². The van der Waals surface area contributed by atoms with Gasteiger partial charge in [-0.2, -0.15) is 0 Å². The fraction of sp³-hybridized carbons (Fsp3) is 0.571. The van der Waals surface area contributed by atoms with Gasteiger partial charge in [-0.1, -0.05) is 13.8 Å². The topological polar surface area (TPSA) is 55.2 Å². The summed E-state index contributed by atoms with van der Waals surface area (Å²) in [5.41, 5.74) is -0.569. The molecule has 0 bridgehead atoms. The van der Waals surface area contributed by atoms with Crippen molar-refractivity contribution in [3.8, 4) is 0 Å². The van der Waals surface area contributed by atoms with Crippen LogP contribution < -0.4 is 5.32 Å². The number of hydrogen-bond donors (Lipinski definition) is 1. The summed E-state index contributed by atoms with van der Waals surface area (Å²) in [6.07, 6.45) is 3.65. The van der Waals surface area contributed by atoms with Crippen LogP contribution in [-0.4, -0.2) is 11.0 Å². The molecular formula is C14H18F2N2O2. The normalized spacial score (nSPS) is 18.8. The third-order valence-electron chi connectivity index (χ3n) is 3.93.